The highest BCUT2D eigenvalue weighted by Gasteiger charge is 2.13. The van der Waals surface area contributed by atoms with Crippen LogP contribution in [-0.4, -0.2) is 22.3 Å². The van der Waals surface area contributed by atoms with Crippen molar-refractivity contribution in [3.8, 4) is 0 Å². The van der Waals surface area contributed by atoms with Crippen LogP contribution in [0.15, 0.2) is 9.32 Å². The topological polar surface area (TPSA) is 109 Å². The molecule has 1 atom stereocenters. The first-order valence-corrected chi connectivity index (χ1v) is 4.67. The number of carboxylic acid groups (broad SMARTS) is 1. The molecule has 84 valence electrons. The smallest absolute Gasteiger partial charge is 0.320 e. The summed E-state index contributed by atoms with van der Waals surface area (Å²) in [7, 11) is 0. The van der Waals surface area contributed by atoms with Crippen molar-refractivity contribution in [3.05, 3.63) is 21.7 Å². The molecule has 15 heavy (non-hydrogen) atoms. The van der Waals surface area contributed by atoms with Crippen LogP contribution in [0.1, 0.15) is 24.2 Å². The van der Waals surface area contributed by atoms with E-state index in [1.54, 1.807) is 6.92 Å². The predicted octanol–water partition coefficient (Wildman–Crippen LogP) is 0.0109. The molecule has 1 rings (SSSR count). The molecule has 0 radical (unpaired) electrons. The number of carbonyl (C=O) groups is 1. The number of hydrogen-bond donors (Lipinski definition) is 3. The minimum absolute atomic E-state index is 0.253. The zero-order chi connectivity index (χ0) is 11.4. The lowest BCUT2D eigenvalue weighted by atomic mass is 10.1. The normalized spacial score (nSPS) is 12.7. The van der Waals surface area contributed by atoms with Crippen LogP contribution in [0.4, 0.5) is 0 Å². The fourth-order valence-electron chi connectivity index (χ4n) is 1.32. The Balaban J connectivity index is 2.45. The first kappa shape index (κ1) is 11.5. The molecule has 1 heterocycles. The van der Waals surface area contributed by atoms with Crippen molar-refractivity contribution in [1.29, 1.82) is 0 Å². The van der Waals surface area contributed by atoms with E-state index in [1.165, 1.54) is 0 Å². The van der Waals surface area contributed by atoms with E-state index in [0.717, 1.165) is 0 Å². The second-order valence-corrected chi connectivity index (χ2v) is 3.40. The lowest BCUT2D eigenvalue weighted by molar-refractivity contribution is -0.138. The van der Waals surface area contributed by atoms with Gasteiger partial charge in [0, 0.05) is 0 Å². The van der Waals surface area contributed by atoms with E-state index in [0.29, 0.717) is 30.6 Å². The van der Waals surface area contributed by atoms with Crippen molar-refractivity contribution in [2.45, 2.75) is 32.2 Å². The highest BCUT2D eigenvalue weighted by atomic mass is 16.5. The van der Waals surface area contributed by atoms with Gasteiger partial charge in [0.15, 0.2) is 0 Å². The molecule has 1 aromatic rings. The van der Waals surface area contributed by atoms with Gasteiger partial charge in [0.1, 0.15) is 11.8 Å². The van der Waals surface area contributed by atoms with Crippen LogP contribution in [0, 0.1) is 6.92 Å². The number of aromatic amines is 1. The summed E-state index contributed by atoms with van der Waals surface area (Å²) in [6.45, 7) is 1.68. The minimum Gasteiger partial charge on any atom is -0.480 e. The summed E-state index contributed by atoms with van der Waals surface area (Å²) in [6.07, 6.45) is 1.38. The van der Waals surface area contributed by atoms with Gasteiger partial charge in [-0.05, 0) is 26.2 Å². The van der Waals surface area contributed by atoms with E-state index >= 15 is 0 Å². The van der Waals surface area contributed by atoms with Crippen LogP contribution >= 0.6 is 0 Å². The average Bonchev–Trinajstić information content (AvgIpc) is 2.48. The summed E-state index contributed by atoms with van der Waals surface area (Å²) < 4.78 is 4.82. The Morgan fingerprint density at radius 2 is 2.33 bits per heavy atom. The van der Waals surface area contributed by atoms with Crippen molar-refractivity contribution < 1.29 is 14.4 Å². The zero-order valence-electron chi connectivity index (χ0n) is 8.45. The molecule has 0 fully saturated rings. The van der Waals surface area contributed by atoms with Crippen LogP contribution in [-0.2, 0) is 11.2 Å². The van der Waals surface area contributed by atoms with Crippen molar-refractivity contribution >= 4 is 5.97 Å². The standard InChI is InChI=1S/C9H14N2O4/c1-5-6(8(12)11-15-5)3-2-4-7(10)9(13)14/h7H,2-4,10H2,1H3,(H,11,12)(H,13,14)/t7-/m1/s1. The van der Waals surface area contributed by atoms with Gasteiger partial charge in [-0.15, -0.1) is 0 Å². The molecule has 0 aliphatic rings. The highest BCUT2D eigenvalue weighted by Crippen LogP contribution is 2.06. The molecule has 4 N–H and O–H groups in total. The fraction of sp³-hybridized carbons (Fsp3) is 0.556. The Kier molecular flexibility index (Phi) is 3.68. The quantitative estimate of drug-likeness (QED) is 0.639. The summed E-state index contributed by atoms with van der Waals surface area (Å²) in [5.74, 6) is -0.475. The summed E-state index contributed by atoms with van der Waals surface area (Å²) >= 11 is 0. The molecule has 0 bridgehead atoms. The minimum atomic E-state index is -1.02. The van der Waals surface area contributed by atoms with E-state index in [2.05, 4.69) is 5.16 Å². The monoisotopic (exact) mass is 214 g/mol. The molecule has 0 saturated heterocycles. The van der Waals surface area contributed by atoms with Crippen LogP contribution in [0.25, 0.3) is 0 Å². The van der Waals surface area contributed by atoms with Gasteiger partial charge in [0.05, 0.1) is 5.56 Å². The second-order valence-electron chi connectivity index (χ2n) is 3.40. The van der Waals surface area contributed by atoms with Crippen molar-refractivity contribution in [3.63, 3.8) is 0 Å². The third kappa shape index (κ3) is 2.95. The van der Waals surface area contributed by atoms with Crippen molar-refractivity contribution in [1.82, 2.24) is 5.16 Å². The van der Waals surface area contributed by atoms with E-state index < -0.39 is 12.0 Å². The van der Waals surface area contributed by atoms with Gasteiger partial charge in [-0.25, -0.2) is 0 Å². The second kappa shape index (κ2) is 4.79. The Labute approximate surface area is 86.0 Å². The maximum absolute atomic E-state index is 11.2. The Morgan fingerprint density at radius 3 is 2.80 bits per heavy atom. The Bertz CT molecular complexity index is 393. The lowest BCUT2D eigenvalue weighted by Crippen LogP contribution is -2.30. The van der Waals surface area contributed by atoms with Gasteiger partial charge in [-0.2, -0.15) is 5.16 Å². The number of rotatable bonds is 5. The van der Waals surface area contributed by atoms with E-state index in [1.807, 2.05) is 0 Å². The molecule has 0 spiro atoms. The van der Waals surface area contributed by atoms with Crippen molar-refractivity contribution in [2.75, 3.05) is 0 Å². The van der Waals surface area contributed by atoms with Crippen LogP contribution in [0.5, 0.6) is 0 Å². The van der Waals surface area contributed by atoms with E-state index in [9.17, 15) is 9.59 Å². The van der Waals surface area contributed by atoms with Gasteiger partial charge in [-0.1, -0.05) is 0 Å². The zero-order valence-corrected chi connectivity index (χ0v) is 8.45. The van der Waals surface area contributed by atoms with Crippen LogP contribution < -0.4 is 11.3 Å². The molecular weight excluding hydrogens is 200 g/mol. The maximum Gasteiger partial charge on any atom is 0.320 e. The number of aryl methyl sites for hydroxylation is 1. The summed E-state index contributed by atoms with van der Waals surface area (Å²) in [6, 6.07) is -0.865. The molecular formula is C9H14N2O4. The molecule has 0 unspecified atom stereocenters. The molecule has 0 aliphatic heterocycles. The number of aromatic nitrogens is 1. The van der Waals surface area contributed by atoms with Gasteiger partial charge < -0.3 is 15.4 Å². The Hall–Kier alpha value is -1.56. The number of H-pyrrole nitrogens is 1. The van der Waals surface area contributed by atoms with Crippen molar-refractivity contribution in [2.24, 2.45) is 5.73 Å². The van der Waals surface area contributed by atoms with Gasteiger partial charge >= 0.3 is 5.97 Å². The van der Waals surface area contributed by atoms with Gasteiger partial charge in [0.25, 0.3) is 5.56 Å². The summed E-state index contributed by atoms with van der Waals surface area (Å²) in [5, 5.41) is 10.8. The molecule has 6 heteroatoms. The van der Waals surface area contributed by atoms with Gasteiger partial charge in [0.2, 0.25) is 0 Å². The molecule has 0 saturated carbocycles. The predicted molar refractivity (Wildman–Crippen MR) is 52.6 cm³/mol. The SMILES string of the molecule is Cc1o[nH]c(=O)c1CCC[C@@H](N)C(=O)O. The Morgan fingerprint density at radius 1 is 1.67 bits per heavy atom. The summed E-state index contributed by atoms with van der Waals surface area (Å²) in [4.78, 5) is 21.6. The molecule has 0 aliphatic carbocycles. The van der Waals surface area contributed by atoms with Crippen LogP contribution in [0.3, 0.4) is 0 Å². The first-order chi connectivity index (χ1) is 7.02. The molecule has 0 aromatic carbocycles. The lowest BCUT2D eigenvalue weighted by Gasteiger charge is -2.04. The number of carboxylic acids is 1. The number of aliphatic carboxylic acids is 1. The number of nitrogens with one attached hydrogen (secondary N) is 1. The fourth-order valence-corrected chi connectivity index (χ4v) is 1.32. The van der Waals surface area contributed by atoms with Crippen LogP contribution in [0.2, 0.25) is 0 Å². The van der Waals surface area contributed by atoms with Gasteiger partial charge in [-0.3, -0.25) is 9.59 Å². The molecule has 1 aromatic heterocycles. The number of nitrogens with two attached hydrogens (primary N) is 1. The maximum atomic E-state index is 11.2. The summed E-state index contributed by atoms with van der Waals surface area (Å²) in [5.41, 5.74) is 5.63. The third-order valence-corrected chi connectivity index (χ3v) is 2.25. The number of hydrogen-bond acceptors (Lipinski definition) is 4. The van der Waals surface area contributed by atoms with E-state index in [4.69, 9.17) is 15.4 Å². The third-order valence-electron chi connectivity index (χ3n) is 2.25. The average molecular weight is 214 g/mol. The van der Waals surface area contributed by atoms with E-state index in [-0.39, 0.29) is 5.56 Å². The largest absolute Gasteiger partial charge is 0.480 e. The molecule has 0 amide bonds. The highest BCUT2D eigenvalue weighted by molar-refractivity contribution is 5.72. The first-order valence-electron chi connectivity index (χ1n) is 4.67. The molecule has 6 nitrogen and oxygen atoms in total.